The van der Waals surface area contributed by atoms with E-state index in [0.29, 0.717) is 11.1 Å². The molecule has 1 saturated carbocycles. The Labute approximate surface area is 211 Å². The second-order valence-corrected chi connectivity index (χ2v) is 8.67. The molecule has 10 nitrogen and oxygen atoms in total. The summed E-state index contributed by atoms with van der Waals surface area (Å²) in [6, 6.07) is 18.0. The van der Waals surface area contributed by atoms with Gasteiger partial charge in [-0.1, -0.05) is 79.0 Å². The van der Waals surface area contributed by atoms with Crippen LogP contribution in [0.1, 0.15) is 48.0 Å². The molecule has 0 unspecified atom stereocenters. The summed E-state index contributed by atoms with van der Waals surface area (Å²) in [5, 5.41) is 26.5. The Hall–Kier alpha value is -4.73. The fraction of sp³-hybridized carbons (Fsp3) is 0.222. The smallest absolute Gasteiger partial charge is 0.317 e. The van der Waals surface area contributed by atoms with Crippen LogP contribution in [0, 0.1) is 26.1 Å². The molecule has 4 rings (SSSR count). The summed E-state index contributed by atoms with van der Waals surface area (Å²) in [6.45, 7) is 0. The second-order valence-electron chi connectivity index (χ2n) is 8.67. The highest BCUT2D eigenvalue weighted by atomic mass is 16.7. The molecular formula is C27H23N3O7. The van der Waals surface area contributed by atoms with Gasteiger partial charge in [0.1, 0.15) is 0 Å². The van der Waals surface area contributed by atoms with E-state index in [1.807, 2.05) is 0 Å². The molecule has 0 aromatic heterocycles. The maximum Gasteiger partial charge on any atom is 0.338 e. The van der Waals surface area contributed by atoms with Crippen molar-refractivity contribution in [2.45, 2.75) is 32.1 Å². The Morgan fingerprint density at radius 3 is 2.11 bits per heavy atom. The van der Waals surface area contributed by atoms with Gasteiger partial charge in [0, 0.05) is 17.2 Å². The number of ketones is 1. The number of non-ortho nitro benzene ring substituents is 1. The zero-order valence-electron chi connectivity index (χ0n) is 19.7. The molecule has 0 bridgehead atoms. The number of nitrogens with zero attached hydrogens (tertiary/aromatic N) is 3. The Morgan fingerprint density at radius 2 is 1.49 bits per heavy atom. The first-order chi connectivity index (χ1) is 17.8. The predicted octanol–water partition coefficient (Wildman–Crippen LogP) is 5.88. The summed E-state index contributed by atoms with van der Waals surface area (Å²) in [4.78, 5) is 52.2. The van der Waals surface area contributed by atoms with Crippen LogP contribution in [0.5, 0.6) is 0 Å². The lowest BCUT2D eigenvalue weighted by Gasteiger charge is -2.18. The molecule has 0 spiro atoms. The standard InChI is InChI=1S/C27H23N3O7/c31-26(25(19-7-3-1-4-8-19)28-37-27(32)21-9-5-2-6-10-21)20-13-11-18(12-14-20)23-16-15-22(29(33)34)17-24(23)30(35)36/h1,3-4,7-8,11-17,21H,2,5-6,9-10H2/b28-25-. The summed E-state index contributed by atoms with van der Waals surface area (Å²) in [5.74, 6) is -1.18. The van der Waals surface area contributed by atoms with Gasteiger partial charge in [-0.15, -0.1) is 0 Å². The van der Waals surface area contributed by atoms with Crippen molar-refractivity contribution in [1.29, 1.82) is 0 Å². The lowest BCUT2D eigenvalue weighted by atomic mass is 9.89. The van der Waals surface area contributed by atoms with Crippen LogP contribution in [0.25, 0.3) is 11.1 Å². The molecule has 0 aliphatic heterocycles. The second kappa shape index (κ2) is 11.3. The summed E-state index contributed by atoms with van der Waals surface area (Å²) >= 11 is 0. The first kappa shape index (κ1) is 25.4. The van der Waals surface area contributed by atoms with E-state index < -0.39 is 33.0 Å². The highest BCUT2D eigenvalue weighted by molar-refractivity contribution is 6.51. The number of carbonyl (C=O) groups is 2. The number of hydrogen-bond donors (Lipinski definition) is 0. The number of oxime groups is 1. The molecule has 1 aliphatic rings. The number of nitro benzene ring substituents is 2. The molecule has 0 radical (unpaired) electrons. The lowest BCUT2D eigenvalue weighted by Crippen LogP contribution is -2.21. The van der Waals surface area contributed by atoms with E-state index in [-0.39, 0.29) is 22.8 Å². The third-order valence-corrected chi connectivity index (χ3v) is 6.27. The normalized spacial score (nSPS) is 14.1. The van der Waals surface area contributed by atoms with Crippen LogP contribution >= 0.6 is 0 Å². The zero-order valence-corrected chi connectivity index (χ0v) is 19.7. The van der Waals surface area contributed by atoms with Gasteiger partial charge in [-0.05, 0) is 24.5 Å². The highest BCUT2D eigenvalue weighted by Gasteiger charge is 2.25. The van der Waals surface area contributed by atoms with Gasteiger partial charge in [0.05, 0.1) is 27.4 Å². The van der Waals surface area contributed by atoms with Gasteiger partial charge in [0.15, 0.2) is 5.71 Å². The molecule has 3 aromatic carbocycles. The van der Waals surface area contributed by atoms with Crippen LogP contribution in [0.15, 0.2) is 78.0 Å². The van der Waals surface area contributed by atoms with Gasteiger partial charge < -0.3 is 4.84 Å². The number of Topliss-reactive ketones (excluding diaryl/α,β-unsaturated/α-hetero) is 1. The molecule has 0 atom stereocenters. The Bertz CT molecular complexity index is 1360. The van der Waals surface area contributed by atoms with Crippen molar-refractivity contribution in [3.05, 3.63) is 104 Å². The summed E-state index contributed by atoms with van der Waals surface area (Å²) in [7, 11) is 0. The molecule has 0 heterocycles. The van der Waals surface area contributed by atoms with Crippen molar-refractivity contribution in [2.75, 3.05) is 0 Å². The Balaban J connectivity index is 1.62. The SMILES string of the molecule is O=C(/C(=N\OC(=O)C1CCCCC1)c1ccccc1)c1ccc(-c2ccc([N+](=O)[O-])cc2[N+](=O)[O-])cc1. The fourth-order valence-corrected chi connectivity index (χ4v) is 4.29. The van der Waals surface area contributed by atoms with Crippen molar-refractivity contribution in [3.63, 3.8) is 0 Å². The van der Waals surface area contributed by atoms with Gasteiger partial charge >= 0.3 is 5.97 Å². The minimum absolute atomic E-state index is 0.0428. The van der Waals surface area contributed by atoms with E-state index in [1.54, 1.807) is 30.3 Å². The topological polar surface area (TPSA) is 142 Å². The van der Waals surface area contributed by atoms with Crippen molar-refractivity contribution in [3.8, 4) is 11.1 Å². The number of nitro groups is 2. The monoisotopic (exact) mass is 501 g/mol. The fourth-order valence-electron chi connectivity index (χ4n) is 4.29. The van der Waals surface area contributed by atoms with Crippen molar-refractivity contribution in [1.82, 2.24) is 0 Å². The molecule has 0 N–H and O–H groups in total. The minimum atomic E-state index is -0.704. The van der Waals surface area contributed by atoms with Crippen LogP contribution in [0.4, 0.5) is 11.4 Å². The van der Waals surface area contributed by atoms with E-state index in [0.717, 1.165) is 38.2 Å². The van der Waals surface area contributed by atoms with E-state index in [2.05, 4.69) is 5.16 Å². The van der Waals surface area contributed by atoms with Gasteiger partial charge in [-0.3, -0.25) is 25.0 Å². The van der Waals surface area contributed by atoms with Gasteiger partial charge in [-0.2, -0.15) is 0 Å². The summed E-state index contributed by atoms with van der Waals surface area (Å²) < 4.78 is 0. The first-order valence-electron chi connectivity index (χ1n) is 11.8. The summed E-state index contributed by atoms with van der Waals surface area (Å²) in [5.41, 5.74) is 0.415. The van der Waals surface area contributed by atoms with Crippen molar-refractivity contribution < 1.29 is 24.3 Å². The van der Waals surface area contributed by atoms with Gasteiger partial charge in [0.25, 0.3) is 11.4 Å². The van der Waals surface area contributed by atoms with Gasteiger partial charge in [0.2, 0.25) is 5.78 Å². The van der Waals surface area contributed by atoms with Crippen LogP contribution in [-0.4, -0.2) is 27.3 Å². The number of rotatable bonds is 8. The highest BCUT2D eigenvalue weighted by Crippen LogP contribution is 2.33. The van der Waals surface area contributed by atoms with E-state index >= 15 is 0 Å². The third-order valence-electron chi connectivity index (χ3n) is 6.27. The predicted molar refractivity (Wildman–Crippen MR) is 135 cm³/mol. The number of benzene rings is 3. The molecule has 1 aliphatic carbocycles. The first-order valence-corrected chi connectivity index (χ1v) is 11.8. The molecule has 1 fully saturated rings. The van der Waals surface area contributed by atoms with Crippen LogP contribution in [0.3, 0.4) is 0 Å². The lowest BCUT2D eigenvalue weighted by molar-refractivity contribution is -0.393. The minimum Gasteiger partial charge on any atom is -0.317 e. The number of carbonyl (C=O) groups excluding carboxylic acids is 2. The van der Waals surface area contributed by atoms with Crippen molar-refractivity contribution >= 4 is 28.8 Å². The molecule has 3 aromatic rings. The average Bonchev–Trinajstić information content (AvgIpc) is 2.93. The molecule has 10 heteroatoms. The van der Waals surface area contributed by atoms with E-state index in [1.165, 1.54) is 36.4 Å². The largest absolute Gasteiger partial charge is 0.338 e. The van der Waals surface area contributed by atoms with Crippen LogP contribution in [-0.2, 0) is 9.63 Å². The number of hydrogen-bond acceptors (Lipinski definition) is 8. The average molecular weight is 501 g/mol. The molecule has 188 valence electrons. The maximum atomic E-state index is 13.4. The van der Waals surface area contributed by atoms with Gasteiger partial charge in [-0.25, -0.2) is 4.79 Å². The maximum absolute atomic E-state index is 13.4. The Morgan fingerprint density at radius 1 is 0.811 bits per heavy atom. The van der Waals surface area contributed by atoms with Crippen LogP contribution in [0.2, 0.25) is 0 Å². The molecule has 0 amide bonds. The molecule has 37 heavy (non-hydrogen) atoms. The zero-order chi connectivity index (χ0) is 26.4. The van der Waals surface area contributed by atoms with Crippen molar-refractivity contribution in [2.24, 2.45) is 11.1 Å². The quantitative estimate of drug-likeness (QED) is 0.123. The van der Waals surface area contributed by atoms with E-state index in [9.17, 15) is 29.8 Å². The van der Waals surface area contributed by atoms with E-state index in [4.69, 9.17) is 4.84 Å². The summed E-state index contributed by atoms with van der Waals surface area (Å²) in [6.07, 6.45) is 4.46. The Kier molecular flexibility index (Phi) is 7.77. The molecule has 0 saturated heterocycles. The molecular weight excluding hydrogens is 478 g/mol. The van der Waals surface area contributed by atoms with Crippen LogP contribution < -0.4 is 0 Å². The third kappa shape index (κ3) is 5.92.